The van der Waals surface area contributed by atoms with Gasteiger partial charge in [-0.05, 0) is 148 Å². The molecule has 1 amide bonds. The molecule has 3 N–H and O–H groups in total. The topological polar surface area (TPSA) is 128 Å². The van der Waals surface area contributed by atoms with Crippen LogP contribution in [-0.2, 0) is 20.0 Å². The zero-order valence-electron chi connectivity index (χ0n) is 33.2. The van der Waals surface area contributed by atoms with Gasteiger partial charge >= 0.3 is 0 Å². The average molecular weight is 849 g/mol. The lowest BCUT2D eigenvalue weighted by Gasteiger charge is -2.26. The van der Waals surface area contributed by atoms with E-state index in [-0.39, 0.29) is 14.7 Å². The van der Waals surface area contributed by atoms with Crippen molar-refractivity contribution in [3.05, 3.63) is 121 Å². The molecule has 0 bridgehead atoms. The van der Waals surface area contributed by atoms with Gasteiger partial charge in [0.2, 0.25) is 0 Å². The number of anilines is 5. The van der Waals surface area contributed by atoms with Crippen LogP contribution in [-0.4, -0.2) is 48.9 Å². The zero-order valence-corrected chi connectivity index (χ0v) is 36.4. The number of halogens is 1. The van der Waals surface area contributed by atoms with Gasteiger partial charge in [-0.2, -0.15) is 0 Å². The van der Waals surface area contributed by atoms with E-state index in [0.29, 0.717) is 16.4 Å². The molecule has 0 saturated carbocycles. The van der Waals surface area contributed by atoms with E-state index in [1.807, 2.05) is 33.8 Å². The summed E-state index contributed by atoms with van der Waals surface area (Å²) in [6.07, 6.45) is 4.69. The quantitative estimate of drug-likeness (QED) is 0.128. The molecule has 3 heterocycles. The molecule has 7 rings (SSSR count). The number of carbonyl (C=O) groups is 1. The molecule has 2 fully saturated rings. The predicted octanol–water partition coefficient (Wildman–Crippen LogP) is 9.99. The Kier molecular flexibility index (Phi) is 12.9. The van der Waals surface area contributed by atoms with E-state index in [2.05, 4.69) is 50.5 Å². The molecule has 1 aromatic heterocycles. The van der Waals surface area contributed by atoms with Gasteiger partial charge in [-0.15, -0.1) is 11.3 Å². The average Bonchev–Trinajstić information content (AvgIpc) is 3.97. The second-order valence-corrected chi connectivity index (χ2v) is 19.4. The molecule has 2 aliphatic heterocycles. The Morgan fingerprint density at radius 3 is 1.68 bits per heavy atom. The number of hydrogen-bond acceptors (Lipinski definition) is 8. The lowest BCUT2D eigenvalue weighted by Crippen LogP contribution is -2.22. The Hall–Kier alpha value is -4.56. The molecule has 10 nitrogen and oxygen atoms in total. The number of benzene rings is 4. The van der Waals surface area contributed by atoms with Crippen molar-refractivity contribution < 1.29 is 21.6 Å². The fraction of sp³-hybridized carbons (Fsp3) is 0.326. The highest BCUT2D eigenvalue weighted by Gasteiger charge is 2.27. The highest BCUT2D eigenvalue weighted by Crippen LogP contribution is 2.38. The number of para-hydroxylation sites is 1. The molecular formula is C43H50ClN5O5S3. The molecule has 0 unspecified atom stereocenters. The number of sulfonamides is 2. The third kappa shape index (κ3) is 9.44. The van der Waals surface area contributed by atoms with Crippen LogP contribution < -0.4 is 24.6 Å². The molecular weight excluding hydrogens is 798 g/mol. The van der Waals surface area contributed by atoms with Crippen LogP contribution in [0.25, 0.3) is 0 Å². The van der Waals surface area contributed by atoms with E-state index in [0.717, 1.165) is 76.8 Å². The van der Waals surface area contributed by atoms with Crippen LogP contribution in [0.15, 0.2) is 88.0 Å². The summed E-state index contributed by atoms with van der Waals surface area (Å²) >= 11 is 6.98. The number of carbonyl (C=O) groups excluding carboxylic acids is 1. The molecule has 0 atom stereocenters. The number of aryl methyl sites for hydroxylation is 4. The highest BCUT2D eigenvalue weighted by atomic mass is 35.5. The van der Waals surface area contributed by atoms with Gasteiger partial charge in [-0.3, -0.25) is 14.2 Å². The Bertz CT molecular complexity index is 2480. The molecule has 5 aromatic rings. The summed E-state index contributed by atoms with van der Waals surface area (Å²) in [6, 6.07) is 20.5. The Labute approximate surface area is 346 Å². The van der Waals surface area contributed by atoms with Crippen LogP contribution in [0.5, 0.6) is 0 Å². The Morgan fingerprint density at radius 1 is 0.632 bits per heavy atom. The van der Waals surface area contributed by atoms with Gasteiger partial charge in [0, 0.05) is 54.0 Å². The van der Waals surface area contributed by atoms with E-state index in [9.17, 15) is 21.6 Å². The van der Waals surface area contributed by atoms with Crippen LogP contribution in [0.4, 0.5) is 28.4 Å². The fourth-order valence-electron chi connectivity index (χ4n) is 7.92. The lowest BCUT2D eigenvalue weighted by atomic mass is 10.0. The van der Waals surface area contributed by atoms with Crippen LogP contribution in [0.1, 0.15) is 68.7 Å². The van der Waals surface area contributed by atoms with Crippen molar-refractivity contribution in [3.8, 4) is 0 Å². The minimum absolute atomic E-state index is 0.0222. The largest absolute Gasteiger partial charge is 0.371 e. The summed E-state index contributed by atoms with van der Waals surface area (Å²) in [5.74, 6) is -0.420. The maximum absolute atomic E-state index is 13.2. The summed E-state index contributed by atoms with van der Waals surface area (Å²) in [5, 5.41) is 5.14. The molecule has 14 heteroatoms. The molecule has 4 aromatic carbocycles. The summed E-state index contributed by atoms with van der Waals surface area (Å²) in [5.41, 5.74) is 10.4. The third-order valence-corrected chi connectivity index (χ3v) is 14.5. The Balaban J connectivity index is 0.000000199. The predicted molar refractivity (Wildman–Crippen MR) is 236 cm³/mol. The third-order valence-electron chi connectivity index (χ3n) is 10.5. The monoisotopic (exact) mass is 847 g/mol. The minimum Gasteiger partial charge on any atom is -0.371 e. The SMILES string of the molecule is Cc1cc(C)c(N2CCCC2)c(C)c1NC(=O)c1sccc1S(=O)(=O)Nc1ccccc1.Cc1cc(C)c(N2CCCC2)c(C)c1NS(=O)(=O)c1ccc(Cl)cc1. The lowest BCUT2D eigenvalue weighted by molar-refractivity contribution is 0.102. The summed E-state index contributed by atoms with van der Waals surface area (Å²) < 4.78 is 56.8. The van der Waals surface area contributed by atoms with Crippen LogP contribution >= 0.6 is 22.9 Å². The highest BCUT2D eigenvalue weighted by molar-refractivity contribution is 7.93. The van der Waals surface area contributed by atoms with E-state index in [1.54, 1.807) is 41.8 Å². The first-order chi connectivity index (χ1) is 27.1. The summed E-state index contributed by atoms with van der Waals surface area (Å²) in [4.78, 5) is 18.3. The van der Waals surface area contributed by atoms with Crippen LogP contribution in [0.3, 0.4) is 0 Å². The van der Waals surface area contributed by atoms with E-state index < -0.39 is 26.0 Å². The fourth-order valence-corrected chi connectivity index (χ4v) is 11.6. The van der Waals surface area contributed by atoms with Crippen molar-refractivity contribution in [1.82, 2.24) is 0 Å². The summed E-state index contributed by atoms with van der Waals surface area (Å²) in [7, 11) is -7.55. The molecule has 2 aliphatic rings. The summed E-state index contributed by atoms with van der Waals surface area (Å²) in [6.45, 7) is 16.2. The van der Waals surface area contributed by atoms with Gasteiger partial charge < -0.3 is 15.1 Å². The molecule has 2 saturated heterocycles. The number of hydrogen-bond donors (Lipinski definition) is 3. The van der Waals surface area contributed by atoms with Crippen molar-refractivity contribution >= 4 is 77.3 Å². The van der Waals surface area contributed by atoms with Crippen molar-refractivity contribution in [3.63, 3.8) is 0 Å². The molecule has 0 spiro atoms. The second kappa shape index (κ2) is 17.5. The normalized spacial score (nSPS) is 14.3. The van der Waals surface area contributed by atoms with Gasteiger partial charge in [0.15, 0.2) is 0 Å². The number of nitrogens with one attached hydrogen (secondary N) is 3. The zero-order chi connectivity index (χ0) is 41.1. The van der Waals surface area contributed by atoms with Crippen molar-refractivity contribution in [2.75, 3.05) is 50.7 Å². The maximum Gasteiger partial charge on any atom is 0.267 e. The first kappa shape index (κ1) is 42.1. The van der Waals surface area contributed by atoms with Crippen molar-refractivity contribution in [2.45, 2.75) is 77.0 Å². The number of thiophene rings is 1. The number of rotatable bonds is 10. The van der Waals surface area contributed by atoms with Crippen LogP contribution in [0.2, 0.25) is 5.02 Å². The first-order valence-corrected chi connectivity index (χ1v) is 23.3. The van der Waals surface area contributed by atoms with Crippen molar-refractivity contribution in [2.24, 2.45) is 0 Å². The van der Waals surface area contributed by atoms with E-state index >= 15 is 0 Å². The van der Waals surface area contributed by atoms with Gasteiger partial charge in [-0.1, -0.05) is 41.9 Å². The first-order valence-electron chi connectivity index (χ1n) is 19.0. The molecule has 302 valence electrons. The van der Waals surface area contributed by atoms with Crippen molar-refractivity contribution in [1.29, 1.82) is 0 Å². The molecule has 57 heavy (non-hydrogen) atoms. The van der Waals surface area contributed by atoms with Gasteiger partial charge in [0.1, 0.15) is 9.77 Å². The van der Waals surface area contributed by atoms with Gasteiger partial charge in [0.25, 0.3) is 26.0 Å². The smallest absolute Gasteiger partial charge is 0.267 e. The molecule has 0 radical (unpaired) electrons. The number of nitrogens with zero attached hydrogens (tertiary/aromatic N) is 2. The minimum atomic E-state index is -3.89. The van der Waals surface area contributed by atoms with Crippen LogP contribution in [0, 0.1) is 41.5 Å². The number of amides is 1. The maximum atomic E-state index is 13.2. The van der Waals surface area contributed by atoms with Gasteiger partial charge in [0.05, 0.1) is 10.6 Å². The second-order valence-electron chi connectivity index (χ2n) is 14.7. The Morgan fingerprint density at radius 2 is 1.14 bits per heavy atom. The molecule has 0 aliphatic carbocycles. The van der Waals surface area contributed by atoms with E-state index in [4.69, 9.17) is 11.6 Å². The van der Waals surface area contributed by atoms with Gasteiger partial charge in [-0.25, -0.2) is 16.8 Å². The van der Waals surface area contributed by atoms with E-state index in [1.165, 1.54) is 55.0 Å². The standard InChI is InChI=1S/C24H27N3O3S2.C19H23ClN2O2S/c1-16-15-17(2)22(27-12-7-8-13-27)18(3)21(16)25-24(28)23-20(11-14-31-23)32(29,30)26-19-9-5-4-6-10-19;1-13-12-14(2)19(22-10-4-5-11-22)15(3)18(13)21-25(23,24)17-8-6-16(20)7-9-17/h4-6,9-11,14-15,26H,7-8,12-13H2,1-3H3,(H,25,28);6-9,12,21H,4-5,10-11H2,1-3H3.